The van der Waals surface area contributed by atoms with Gasteiger partial charge in [0.2, 0.25) is 10.0 Å². The molecule has 0 radical (unpaired) electrons. The van der Waals surface area contributed by atoms with E-state index in [4.69, 9.17) is 11.6 Å². The molecular weight excluding hydrogens is 424 g/mol. The maximum atomic E-state index is 12.7. The van der Waals surface area contributed by atoms with E-state index in [2.05, 4.69) is 10.1 Å². The first kappa shape index (κ1) is 22.0. The first-order chi connectivity index (χ1) is 14.3. The smallest absolute Gasteiger partial charge is 0.280 e. The quantitative estimate of drug-likeness (QED) is 0.558. The van der Waals surface area contributed by atoms with Crippen LogP contribution < -0.4 is 5.56 Å². The number of hydrogen-bond donors (Lipinski definition) is 1. The molecule has 0 atom stereocenters. The van der Waals surface area contributed by atoms with Gasteiger partial charge in [-0.05, 0) is 55.5 Å². The molecule has 0 aliphatic heterocycles. The molecule has 3 aromatic rings. The number of H-pyrrole nitrogens is 1. The predicted octanol–water partition coefficient (Wildman–Crippen LogP) is 3.91. The van der Waals surface area contributed by atoms with Gasteiger partial charge in [0.1, 0.15) is 0 Å². The Kier molecular flexibility index (Phi) is 6.60. The van der Waals surface area contributed by atoms with Gasteiger partial charge in [0.15, 0.2) is 0 Å². The number of aromatic amines is 1. The van der Waals surface area contributed by atoms with Crippen molar-refractivity contribution in [3.63, 3.8) is 0 Å². The maximum absolute atomic E-state index is 12.7. The summed E-state index contributed by atoms with van der Waals surface area (Å²) in [4.78, 5) is 17.3. The molecular formula is C21H23ClN4O3S. The van der Waals surface area contributed by atoms with Crippen LogP contribution in [0.5, 0.6) is 0 Å². The zero-order valence-electron chi connectivity index (χ0n) is 17.0. The number of benzene rings is 2. The molecule has 0 fully saturated rings. The highest BCUT2D eigenvalue weighted by Gasteiger charge is 2.21. The number of aliphatic imine (C=N–C) groups is 1. The van der Waals surface area contributed by atoms with Crippen molar-refractivity contribution in [3.8, 4) is 5.69 Å². The standard InChI is InChI=1S/C21H23ClN4O3S/c1-4-25(5-2)30(28,29)19-12-8-17(9-13-19)23-14-20-15(3)24-26(21(20)27)18-10-6-16(22)7-11-18/h6-14,24H,4-5H2,1-3H3. The van der Waals surface area contributed by atoms with E-state index in [-0.39, 0.29) is 10.5 Å². The molecule has 0 bridgehead atoms. The molecule has 3 rings (SSSR count). The number of nitrogens with zero attached hydrogens (tertiary/aromatic N) is 3. The Hall–Kier alpha value is -2.68. The van der Waals surface area contributed by atoms with Crippen LogP contribution in [0.1, 0.15) is 25.1 Å². The van der Waals surface area contributed by atoms with Gasteiger partial charge in [0.25, 0.3) is 5.56 Å². The molecule has 0 amide bonds. The molecule has 0 spiro atoms. The second-order valence-electron chi connectivity index (χ2n) is 6.61. The van der Waals surface area contributed by atoms with Gasteiger partial charge in [-0.1, -0.05) is 25.4 Å². The second kappa shape index (κ2) is 8.99. The van der Waals surface area contributed by atoms with Crippen molar-refractivity contribution in [1.29, 1.82) is 0 Å². The van der Waals surface area contributed by atoms with Crippen molar-refractivity contribution in [2.75, 3.05) is 13.1 Å². The van der Waals surface area contributed by atoms with Gasteiger partial charge in [-0.25, -0.2) is 13.1 Å². The van der Waals surface area contributed by atoms with E-state index in [9.17, 15) is 13.2 Å². The lowest BCUT2D eigenvalue weighted by Crippen LogP contribution is -2.30. The van der Waals surface area contributed by atoms with Gasteiger partial charge < -0.3 is 0 Å². The summed E-state index contributed by atoms with van der Waals surface area (Å²) >= 11 is 5.91. The molecule has 0 saturated heterocycles. The molecule has 7 nitrogen and oxygen atoms in total. The Labute approximate surface area is 180 Å². The van der Waals surface area contributed by atoms with Gasteiger partial charge in [0, 0.05) is 30.0 Å². The number of rotatable bonds is 7. The Morgan fingerprint density at radius 3 is 2.23 bits per heavy atom. The highest BCUT2D eigenvalue weighted by atomic mass is 35.5. The molecule has 30 heavy (non-hydrogen) atoms. The minimum Gasteiger partial charge on any atom is -0.295 e. The predicted molar refractivity (Wildman–Crippen MR) is 120 cm³/mol. The molecule has 158 valence electrons. The molecule has 1 N–H and O–H groups in total. The highest BCUT2D eigenvalue weighted by molar-refractivity contribution is 7.89. The minimum atomic E-state index is -3.52. The summed E-state index contributed by atoms with van der Waals surface area (Å²) in [6.07, 6.45) is 1.48. The third-order valence-electron chi connectivity index (χ3n) is 4.72. The Balaban J connectivity index is 1.86. The largest absolute Gasteiger partial charge is 0.295 e. The molecule has 1 heterocycles. The van der Waals surface area contributed by atoms with Crippen LogP contribution in [0.2, 0.25) is 5.02 Å². The van der Waals surface area contributed by atoms with Gasteiger partial charge in [-0.3, -0.25) is 14.9 Å². The minimum absolute atomic E-state index is 0.216. The summed E-state index contributed by atoms with van der Waals surface area (Å²) < 4.78 is 27.9. The van der Waals surface area contributed by atoms with Crippen molar-refractivity contribution in [2.24, 2.45) is 4.99 Å². The van der Waals surface area contributed by atoms with Crippen LogP contribution in [-0.4, -0.2) is 41.8 Å². The van der Waals surface area contributed by atoms with Gasteiger partial charge in [0.05, 0.1) is 21.8 Å². The number of aromatic nitrogens is 2. The normalized spacial score (nSPS) is 12.2. The van der Waals surface area contributed by atoms with Gasteiger partial charge in [-0.2, -0.15) is 4.31 Å². The molecule has 0 saturated carbocycles. The van der Waals surface area contributed by atoms with Crippen molar-refractivity contribution in [2.45, 2.75) is 25.7 Å². The first-order valence-corrected chi connectivity index (χ1v) is 11.3. The van der Waals surface area contributed by atoms with Gasteiger partial charge >= 0.3 is 0 Å². The number of aryl methyl sites for hydroxylation is 1. The van der Waals surface area contributed by atoms with Crippen molar-refractivity contribution < 1.29 is 8.42 Å². The lowest BCUT2D eigenvalue weighted by molar-refractivity contribution is 0.445. The summed E-state index contributed by atoms with van der Waals surface area (Å²) in [6, 6.07) is 13.2. The van der Waals surface area contributed by atoms with E-state index in [1.807, 2.05) is 0 Å². The number of hydrogen-bond acceptors (Lipinski definition) is 4. The van der Waals surface area contributed by atoms with Crippen LogP contribution in [-0.2, 0) is 10.0 Å². The fourth-order valence-corrected chi connectivity index (χ4v) is 4.62. The van der Waals surface area contributed by atoms with Gasteiger partial charge in [-0.15, -0.1) is 0 Å². The Bertz CT molecular complexity index is 1210. The summed E-state index contributed by atoms with van der Waals surface area (Å²) in [5.41, 5.74) is 2.06. The zero-order valence-corrected chi connectivity index (χ0v) is 18.5. The fourth-order valence-electron chi connectivity index (χ4n) is 3.04. The van der Waals surface area contributed by atoms with Crippen LogP contribution in [0, 0.1) is 6.92 Å². The molecule has 0 aliphatic carbocycles. The van der Waals surface area contributed by atoms with Crippen LogP contribution in [0.25, 0.3) is 5.69 Å². The van der Waals surface area contributed by atoms with Crippen LogP contribution in [0.3, 0.4) is 0 Å². The highest BCUT2D eigenvalue weighted by Crippen LogP contribution is 2.20. The van der Waals surface area contributed by atoms with Crippen molar-refractivity contribution >= 4 is 33.5 Å². The topological polar surface area (TPSA) is 87.5 Å². The second-order valence-corrected chi connectivity index (χ2v) is 8.98. The Morgan fingerprint density at radius 1 is 1.07 bits per heavy atom. The maximum Gasteiger partial charge on any atom is 0.280 e. The molecule has 9 heteroatoms. The van der Waals surface area contributed by atoms with E-state index in [1.165, 1.54) is 27.3 Å². The van der Waals surface area contributed by atoms with Crippen molar-refractivity contribution in [3.05, 3.63) is 75.2 Å². The van der Waals surface area contributed by atoms with E-state index in [1.54, 1.807) is 57.2 Å². The summed E-state index contributed by atoms with van der Waals surface area (Å²) in [5, 5.41) is 3.61. The van der Waals surface area contributed by atoms with E-state index in [0.717, 1.165) is 0 Å². The number of nitrogens with one attached hydrogen (secondary N) is 1. The first-order valence-electron chi connectivity index (χ1n) is 9.49. The third kappa shape index (κ3) is 4.40. The van der Waals surface area contributed by atoms with E-state index >= 15 is 0 Å². The van der Waals surface area contributed by atoms with Crippen LogP contribution in [0.4, 0.5) is 5.69 Å². The number of sulfonamides is 1. The molecule has 2 aromatic carbocycles. The number of halogens is 1. The average Bonchev–Trinajstić information content (AvgIpc) is 3.01. The molecule has 1 aromatic heterocycles. The van der Waals surface area contributed by atoms with Crippen LogP contribution in [0.15, 0.2) is 63.2 Å². The summed E-state index contributed by atoms with van der Waals surface area (Å²) in [5.74, 6) is 0. The third-order valence-corrected chi connectivity index (χ3v) is 7.04. The fraction of sp³-hybridized carbons (Fsp3) is 0.238. The monoisotopic (exact) mass is 446 g/mol. The average molecular weight is 447 g/mol. The zero-order chi connectivity index (χ0) is 21.9. The van der Waals surface area contributed by atoms with E-state index in [0.29, 0.717) is 40.7 Å². The lowest BCUT2D eigenvalue weighted by Gasteiger charge is -2.18. The summed E-state index contributed by atoms with van der Waals surface area (Å²) in [6.45, 7) is 6.21. The molecule has 0 unspecified atom stereocenters. The molecule has 0 aliphatic rings. The van der Waals surface area contributed by atoms with Crippen LogP contribution >= 0.6 is 11.6 Å². The SMILES string of the molecule is CCN(CC)S(=O)(=O)c1ccc(N=Cc2c(C)[nH]n(-c3ccc(Cl)cc3)c2=O)cc1. The van der Waals surface area contributed by atoms with Crippen molar-refractivity contribution in [1.82, 2.24) is 14.1 Å². The summed E-state index contributed by atoms with van der Waals surface area (Å²) in [7, 11) is -3.52. The Morgan fingerprint density at radius 2 is 1.67 bits per heavy atom. The lowest BCUT2D eigenvalue weighted by atomic mass is 10.2. The van der Waals surface area contributed by atoms with E-state index < -0.39 is 10.0 Å².